The average molecular weight is 364 g/mol. The lowest BCUT2D eigenvalue weighted by Crippen LogP contribution is -2.21. The van der Waals surface area contributed by atoms with Crippen molar-refractivity contribution in [3.05, 3.63) is 45.5 Å². The van der Waals surface area contributed by atoms with Crippen LogP contribution in [-0.4, -0.2) is 52.1 Å². The summed E-state index contributed by atoms with van der Waals surface area (Å²) >= 11 is 4.85. The summed E-state index contributed by atoms with van der Waals surface area (Å²) in [6.45, 7) is 0. The number of hydrogen-bond donors (Lipinski definition) is 3. The van der Waals surface area contributed by atoms with E-state index in [4.69, 9.17) is 12.2 Å². The molecule has 1 aromatic carbocycles. The van der Waals surface area contributed by atoms with Crippen molar-refractivity contribution in [2.45, 2.75) is 0 Å². The molecular formula is C15H12N2O7S. The van der Waals surface area contributed by atoms with Gasteiger partial charge in [-0.25, -0.2) is 14.6 Å². The normalized spacial score (nSPS) is 10.2. The van der Waals surface area contributed by atoms with Crippen LogP contribution in [0.3, 0.4) is 0 Å². The number of H-pyrrole nitrogens is 1. The monoisotopic (exact) mass is 364 g/mol. The highest BCUT2D eigenvalue weighted by molar-refractivity contribution is 7.71. The Bertz CT molecular complexity index is 896. The molecule has 10 heteroatoms. The van der Waals surface area contributed by atoms with E-state index in [1.807, 2.05) is 0 Å². The van der Waals surface area contributed by atoms with E-state index in [9.17, 15) is 24.6 Å². The van der Waals surface area contributed by atoms with Crippen LogP contribution >= 0.6 is 12.2 Å². The minimum Gasteiger partial charge on any atom is -0.508 e. The molecule has 0 fully saturated rings. The van der Waals surface area contributed by atoms with Crippen LogP contribution in [0.2, 0.25) is 0 Å². The fraction of sp³-hybridized carbons (Fsp3) is 0.133. The molecule has 0 spiro atoms. The molecule has 2 rings (SSSR count). The Kier molecular flexibility index (Phi) is 5.13. The van der Waals surface area contributed by atoms with Gasteiger partial charge in [-0.2, -0.15) is 0 Å². The van der Waals surface area contributed by atoms with E-state index in [0.29, 0.717) is 0 Å². The number of phenols is 2. The van der Waals surface area contributed by atoms with Gasteiger partial charge in [-0.05, 0) is 24.4 Å². The van der Waals surface area contributed by atoms with Crippen LogP contribution in [0, 0.1) is 4.77 Å². The third-order valence-corrected chi connectivity index (χ3v) is 3.35. The molecule has 1 heterocycles. The molecule has 9 nitrogen and oxygen atoms in total. The summed E-state index contributed by atoms with van der Waals surface area (Å²) < 4.78 is 8.91. The van der Waals surface area contributed by atoms with Crippen LogP contribution < -0.4 is 0 Å². The third-order valence-electron chi connectivity index (χ3n) is 3.15. The molecule has 0 unspecified atom stereocenters. The molecule has 0 aliphatic carbocycles. The molecule has 0 aliphatic rings. The first kappa shape index (κ1) is 18.1. The number of ketones is 1. The summed E-state index contributed by atoms with van der Waals surface area (Å²) in [5, 5.41) is 19.2. The van der Waals surface area contributed by atoms with Gasteiger partial charge in [0.15, 0.2) is 10.5 Å². The van der Waals surface area contributed by atoms with Crippen LogP contribution in [0.1, 0.15) is 36.9 Å². The predicted octanol–water partition coefficient (Wildman–Crippen LogP) is 1.35. The second kappa shape index (κ2) is 7.09. The van der Waals surface area contributed by atoms with Gasteiger partial charge in [-0.3, -0.25) is 4.79 Å². The molecular weight excluding hydrogens is 352 g/mol. The fourth-order valence-corrected chi connectivity index (χ4v) is 2.23. The number of aromatic hydroxyl groups is 2. The Morgan fingerprint density at radius 1 is 1.12 bits per heavy atom. The Hall–Kier alpha value is -3.27. The number of methoxy groups -OCH3 is 2. The zero-order valence-corrected chi connectivity index (χ0v) is 13.8. The van der Waals surface area contributed by atoms with Gasteiger partial charge in [0.25, 0.3) is 0 Å². The van der Waals surface area contributed by atoms with Gasteiger partial charge in [0.2, 0.25) is 5.78 Å². The van der Waals surface area contributed by atoms with Gasteiger partial charge in [0.05, 0.1) is 25.3 Å². The second-order valence-electron chi connectivity index (χ2n) is 4.65. The summed E-state index contributed by atoms with van der Waals surface area (Å²) in [5.74, 6) is -3.73. The minimum atomic E-state index is -1.01. The largest absolute Gasteiger partial charge is 0.508 e. The van der Waals surface area contributed by atoms with Crippen molar-refractivity contribution in [1.82, 2.24) is 9.97 Å². The molecule has 0 radical (unpaired) electrons. The number of carbonyl (C=O) groups excluding carboxylic acids is 3. The molecule has 130 valence electrons. The van der Waals surface area contributed by atoms with Crippen LogP contribution in [0.25, 0.3) is 0 Å². The number of aromatic amines is 1. The summed E-state index contributed by atoms with van der Waals surface area (Å²) in [5.41, 5.74) is -1.68. The summed E-state index contributed by atoms with van der Waals surface area (Å²) in [7, 11) is 2.14. The molecule has 1 aromatic heterocycles. The van der Waals surface area contributed by atoms with Crippen LogP contribution in [0.5, 0.6) is 11.5 Å². The second-order valence-corrected chi connectivity index (χ2v) is 5.04. The van der Waals surface area contributed by atoms with Crippen molar-refractivity contribution in [2.75, 3.05) is 14.2 Å². The van der Waals surface area contributed by atoms with Gasteiger partial charge >= 0.3 is 11.9 Å². The van der Waals surface area contributed by atoms with E-state index in [0.717, 1.165) is 32.4 Å². The zero-order valence-electron chi connectivity index (χ0n) is 13.0. The molecule has 0 saturated heterocycles. The highest BCUT2D eigenvalue weighted by Gasteiger charge is 2.30. The summed E-state index contributed by atoms with van der Waals surface area (Å²) in [4.78, 5) is 42.9. The van der Waals surface area contributed by atoms with Crippen LogP contribution in [0.4, 0.5) is 0 Å². The Labute approximate surface area is 145 Å². The smallest absolute Gasteiger partial charge is 0.357 e. The Morgan fingerprint density at radius 2 is 1.76 bits per heavy atom. The molecule has 0 aliphatic heterocycles. The zero-order chi connectivity index (χ0) is 18.7. The average Bonchev–Trinajstić information content (AvgIpc) is 2.58. The lowest BCUT2D eigenvalue weighted by Gasteiger charge is -2.11. The van der Waals surface area contributed by atoms with E-state index < -0.39 is 40.4 Å². The molecule has 0 saturated carbocycles. The number of carbonyl (C=O) groups is 3. The maximum absolute atomic E-state index is 12.8. The number of ether oxygens (including phenoxy) is 2. The maximum Gasteiger partial charge on any atom is 0.357 e. The number of benzene rings is 1. The lowest BCUT2D eigenvalue weighted by molar-refractivity contribution is 0.0582. The third kappa shape index (κ3) is 3.48. The standard InChI is InChI=1S/C15H12N2O7S/c1-23-13(21)10-9(11(14(22)24-2)17-15(25)16-10)12(20)7-4-3-6(18)5-8(7)19/h3-5,18-19H,1-2H3,(H,16,17,25). The van der Waals surface area contributed by atoms with Crippen molar-refractivity contribution in [3.8, 4) is 11.5 Å². The number of aromatic nitrogens is 2. The SMILES string of the molecule is COC(=O)c1nc(=S)[nH]c(C(=O)OC)c1C(=O)c1ccc(O)cc1O. The molecule has 25 heavy (non-hydrogen) atoms. The summed E-state index contributed by atoms with van der Waals surface area (Å²) in [6, 6.07) is 3.21. The Morgan fingerprint density at radius 3 is 2.32 bits per heavy atom. The molecule has 0 amide bonds. The summed E-state index contributed by atoms with van der Waals surface area (Å²) in [6.07, 6.45) is 0. The van der Waals surface area contributed by atoms with Gasteiger partial charge in [0.1, 0.15) is 17.2 Å². The number of nitrogens with one attached hydrogen (secondary N) is 1. The van der Waals surface area contributed by atoms with Crippen LogP contribution in [-0.2, 0) is 9.47 Å². The van der Waals surface area contributed by atoms with Crippen molar-refractivity contribution in [3.63, 3.8) is 0 Å². The Balaban J connectivity index is 2.80. The highest BCUT2D eigenvalue weighted by Crippen LogP contribution is 2.27. The van der Waals surface area contributed by atoms with Crippen molar-refractivity contribution in [2.24, 2.45) is 0 Å². The molecule has 2 aromatic rings. The first-order valence-electron chi connectivity index (χ1n) is 6.67. The van der Waals surface area contributed by atoms with Crippen LogP contribution in [0.15, 0.2) is 18.2 Å². The van der Waals surface area contributed by atoms with Crippen molar-refractivity contribution < 1.29 is 34.1 Å². The van der Waals surface area contributed by atoms with E-state index >= 15 is 0 Å². The van der Waals surface area contributed by atoms with Gasteiger partial charge < -0.3 is 24.7 Å². The van der Waals surface area contributed by atoms with Gasteiger partial charge in [-0.15, -0.1) is 0 Å². The number of hydrogen-bond acceptors (Lipinski definition) is 9. The molecule has 0 bridgehead atoms. The minimum absolute atomic E-state index is 0.243. The van der Waals surface area contributed by atoms with E-state index in [1.54, 1.807) is 0 Å². The number of nitrogens with zero attached hydrogens (tertiary/aromatic N) is 1. The van der Waals surface area contributed by atoms with E-state index in [1.165, 1.54) is 0 Å². The van der Waals surface area contributed by atoms with E-state index in [2.05, 4.69) is 19.4 Å². The molecule has 3 N–H and O–H groups in total. The van der Waals surface area contributed by atoms with Gasteiger partial charge in [-0.1, -0.05) is 0 Å². The molecule has 0 atom stereocenters. The lowest BCUT2D eigenvalue weighted by atomic mass is 9.99. The van der Waals surface area contributed by atoms with Crippen molar-refractivity contribution in [1.29, 1.82) is 0 Å². The highest BCUT2D eigenvalue weighted by atomic mass is 32.1. The first-order valence-corrected chi connectivity index (χ1v) is 7.08. The maximum atomic E-state index is 12.8. The first-order chi connectivity index (χ1) is 11.8. The fourth-order valence-electron chi connectivity index (χ4n) is 2.04. The van der Waals surface area contributed by atoms with Gasteiger partial charge in [0, 0.05) is 6.07 Å². The topological polar surface area (TPSA) is 139 Å². The van der Waals surface area contributed by atoms with E-state index in [-0.39, 0.29) is 16.1 Å². The quantitative estimate of drug-likeness (QED) is 0.417. The number of phenolic OH excluding ortho intramolecular Hbond substituents is 2. The number of rotatable bonds is 4. The van der Waals surface area contributed by atoms with Crippen molar-refractivity contribution >= 4 is 29.9 Å². The predicted molar refractivity (Wildman–Crippen MR) is 85.3 cm³/mol. The number of esters is 2.